The molecule has 0 spiro atoms. The predicted molar refractivity (Wildman–Crippen MR) is 115 cm³/mol. The summed E-state index contributed by atoms with van der Waals surface area (Å²) in [4.78, 5) is 15.5. The lowest BCUT2D eigenvalue weighted by molar-refractivity contribution is 0.0972. The number of aliphatic imine (C=N–C) groups is 1. The number of hydrogen-bond donors (Lipinski definition) is 3. The Labute approximate surface area is 179 Å². The molecule has 1 atom stereocenters. The Morgan fingerprint density at radius 3 is 2.62 bits per heavy atom. The minimum atomic E-state index is -0.605. The molecule has 0 fully saturated rings. The van der Waals surface area contributed by atoms with E-state index in [2.05, 4.69) is 15.6 Å². The Kier molecular flexibility index (Phi) is 9.24. The molecule has 142 valence electrons. The Morgan fingerprint density at radius 1 is 1.31 bits per heavy atom. The van der Waals surface area contributed by atoms with Crippen molar-refractivity contribution in [2.75, 3.05) is 6.54 Å². The number of hydrogen-bond acceptors (Lipinski definition) is 3. The molecule has 4 N–H and O–H groups in total. The Bertz CT molecular complexity index is 780. The molecule has 0 aliphatic heterocycles. The third-order valence-corrected chi connectivity index (χ3v) is 3.99. The summed E-state index contributed by atoms with van der Waals surface area (Å²) in [5.41, 5.74) is 6.08. The fourth-order valence-corrected chi connectivity index (χ4v) is 2.78. The molecule has 1 aromatic carbocycles. The van der Waals surface area contributed by atoms with Gasteiger partial charge in [0, 0.05) is 16.6 Å². The van der Waals surface area contributed by atoms with E-state index in [1.54, 1.807) is 18.2 Å². The van der Waals surface area contributed by atoms with Crippen LogP contribution in [0.4, 0.5) is 0 Å². The summed E-state index contributed by atoms with van der Waals surface area (Å²) >= 11 is 12.2. The molecule has 0 radical (unpaired) electrons. The third-order valence-electron chi connectivity index (χ3n) is 3.42. The van der Waals surface area contributed by atoms with Crippen LogP contribution in [-0.2, 0) is 6.54 Å². The molecule has 0 saturated carbocycles. The number of carbonyl (C=O) groups is 1. The molecule has 1 unspecified atom stereocenters. The zero-order valence-corrected chi connectivity index (χ0v) is 18.2. The summed E-state index contributed by atoms with van der Waals surface area (Å²) in [5.74, 6) is 0.650. The second-order valence-corrected chi connectivity index (χ2v) is 6.20. The Hall–Kier alpha value is -1.45. The maximum Gasteiger partial charge on any atom is 0.284 e. The van der Waals surface area contributed by atoms with E-state index >= 15 is 0 Å². The summed E-state index contributed by atoms with van der Waals surface area (Å²) in [6.45, 7) is 4.90. The highest BCUT2D eigenvalue weighted by Crippen LogP contribution is 2.26. The first-order valence-electron chi connectivity index (χ1n) is 7.79. The SMILES string of the molecule is CCNC(=NCc1ccc(C(N)=O)o1)NC(C)c1ccc(Cl)cc1Cl.I. The van der Waals surface area contributed by atoms with Crippen LogP contribution in [0.5, 0.6) is 0 Å². The number of primary amides is 1. The van der Waals surface area contributed by atoms with Gasteiger partial charge in [-0.2, -0.15) is 0 Å². The number of nitrogens with one attached hydrogen (secondary N) is 2. The van der Waals surface area contributed by atoms with Crippen molar-refractivity contribution in [1.29, 1.82) is 0 Å². The fraction of sp³-hybridized carbons (Fsp3) is 0.294. The number of amides is 1. The molecular formula is C17H21Cl2IN4O2. The molecular weight excluding hydrogens is 490 g/mol. The molecule has 2 rings (SSSR count). The Morgan fingerprint density at radius 2 is 2.04 bits per heavy atom. The van der Waals surface area contributed by atoms with Crippen molar-refractivity contribution in [3.63, 3.8) is 0 Å². The first-order chi connectivity index (χ1) is 11.9. The smallest absolute Gasteiger partial charge is 0.284 e. The summed E-state index contributed by atoms with van der Waals surface area (Å²) < 4.78 is 5.32. The van der Waals surface area contributed by atoms with Crippen molar-refractivity contribution in [3.8, 4) is 0 Å². The van der Waals surface area contributed by atoms with Crippen LogP contribution < -0.4 is 16.4 Å². The molecule has 0 aliphatic rings. The van der Waals surface area contributed by atoms with E-state index in [4.69, 9.17) is 33.4 Å². The van der Waals surface area contributed by atoms with E-state index in [0.29, 0.717) is 28.3 Å². The van der Waals surface area contributed by atoms with Gasteiger partial charge in [-0.05, 0) is 43.7 Å². The molecule has 1 amide bonds. The summed E-state index contributed by atoms with van der Waals surface area (Å²) in [7, 11) is 0. The van der Waals surface area contributed by atoms with Gasteiger partial charge in [-0.25, -0.2) is 4.99 Å². The molecule has 9 heteroatoms. The molecule has 0 bridgehead atoms. The summed E-state index contributed by atoms with van der Waals surface area (Å²) in [6, 6.07) is 8.49. The molecule has 2 aromatic rings. The van der Waals surface area contributed by atoms with Gasteiger partial charge in [-0.3, -0.25) is 4.79 Å². The van der Waals surface area contributed by atoms with Crippen molar-refractivity contribution < 1.29 is 9.21 Å². The predicted octanol–water partition coefficient (Wildman–Crippen LogP) is 4.12. The van der Waals surface area contributed by atoms with E-state index in [9.17, 15) is 4.79 Å². The van der Waals surface area contributed by atoms with Gasteiger partial charge in [0.25, 0.3) is 5.91 Å². The minimum absolute atomic E-state index is 0. The van der Waals surface area contributed by atoms with Gasteiger partial charge in [0.1, 0.15) is 12.3 Å². The number of furan rings is 1. The molecule has 1 heterocycles. The van der Waals surface area contributed by atoms with Gasteiger partial charge in [-0.15, -0.1) is 24.0 Å². The van der Waals surface area contributed by atoms with Gasteiger partial charge in [0.15, 0.2) is 11.7 Å². The number of guanidine groups is 1. The quantitative estimate of drug-likeness (QED) is 0.309. The molecule has 26 heavy (non-hydrogen) atoms. The zero-order chi connectivity index (χ0) is 18.4. The Balaban J connectivity index is 0.00000338. The van der Waals surface area contributed by atoms with E-state index in [1.807, 2.05) is 19.9 Å². The molecule has 1 aromatic heterocycles. The van der Waals surface area contributed by atoms with Crippen LogP contribution in [0.1, 0.15) is 41.8 Å². The van der Waals surface area contributed by atoms with Crippen molar-refractivity contribution >= 4 is 59.0 Å². The van der Waals surface area contributed by atoms with Crippen molar-refractivity contribution in [1.82, 2.24) is 10.6 Å². The topological polar surface area (TPSA) is 92.6 Å². The third kappa shape index (κ3) is 6.37. The zero-order valence-electron chi connectivity index (χ0n) is 14.4. The number of carbonyl (C=O) groups excluding carboxylic acids is 1. The summed E-state index contributed by atoms with van der Waals surface area (Å²) in [5, 5.41) is 7.59. The van der Waals surface area contributed by atoms with Gasteiger partial charge in [0.05, 0.1) is 6.04 Å². The lowest BCUT2D eigenvalue weighted by atomic mass is 10.1. The first-order valence-corrected chi connectivity index (χ1v) is 8.54. The van der Waals surface area contributed by atoms with Crippen molar-refractivity contribution in [2.45, 2.75) is 26.4 Å². The highest BCUT2D eigenvalue weighted by Gasteiger charge is 2.12. The summed E-state index contributed by atoms with van der Waals surface area (Å²) in [6.07, 6.45) is 0. The maximum atomic E-state index is 11.1. The van der Waals surface area contributed by atoms with E-state index in [-0.39, 0.29) is 42.3 Å². The number of nitrogens with two attached hydrogens (primary N) is 1. The minimum Gasteiger partial charge on any atom is -0.454 e. The van der Waals surface area contributed by atoms with Crippen LogP contribution in [0.25, 0.3) is 0 Å². The number of benzene rings is 1. The monoisotopic (exact) mass is 510 g/mol. The standard InChI is InChI=1S/C17H20Cl2N4O2.HI/c1-3-21-17(22-9-12-5-7-15(25-12)16(20)24)23-10(2)13-6-4-11(18)8-14(13)19;/h4-8,10H,3,9H2,1-2H3,(H2,20,24)(H2,21,22,23);1H. The molecule has 0 aliphatic carbocycles. The highest BCUT2D eigenvalue weighted by atomic mass is 127. The second-order valence-electron chi connectivity index (χ2n) is 5.36. The van der Waals surface area contributed by atoms with E-state index in [1.165, 1.54) is 6.07 Å². The number of nitrogens with zero attached hydrogens (tertiary/aromatic N) is 1. The average Bonchev–Trinajstić information content (AvgIpc) is 3.02. The van der Waals surface area contributed by atoms with Crippen LogP contribution >= 0.6 is 47.2 Å². The van der Waals surface area contributed by atoms with Gasteiger partial charge < -0.3 is 20.8 Å². The normalized spacial score (nSPS) is 12.2. The van der Waals surface area contributed by atoms with Crippen LogP contribution in [0.2, 0.25) is 10.0 Å². The van der Waals surface area contributed by atoms with Crippen molar-refractivity contribution in [3.05, 3.63) is 57.5 Å². The van der Waals surface area contributed by atoms with Crippen LogP contribution in [0, 0.1) is 0 Å². The number of halogens is 3. The highest BCUT2D eigenvalue weighted by molar-refractivity contribution is 14.0. The van der Waals surface area contributed by atoms with E-state index in [0.717, 1.165) is 5.56 Å². The van der Waals surface area contributed by atoms with Gasteiger partial charge in [-0.1, -0.05) is 29.3 Å². The first kappa shape index (κ1) is 22.6. The maximum absolute atomic E-state index is 11.1. The average molecular weight is 511 g/mol. The lowest BCUT2D eigenvalue weighted by Gasteiger charge is -2.19. The number of rotatable bonds is 6. The van der Waals surface area contributed by atoms with Crippen molar-refractivity contribution in [2.24, 2.45) is 10.7 Å². The van der Waals surface area contributed by atoms with Gasteiger partial charge >= 0.3 is 0 Å². The molecule has 0 saturated heterocycles. The second kappa shape index (κ2) is 10.6. The lowest BCUT2D eigenvalue weighted by Crippen LogP contribution is -2.38. The molecule has 6 nitrogen and oxygen atoms in total. The van der Waals surface area contributed by atoms with Gasteiger partial charge in [0.2, 0.25) is 0 Å². The largest absolute Gasteiger partial charge is 0.454 e. The van der Waals surface area contributed by atoms with Crippen LogP contribution in [0.15, 0.2) is 39.7 Å². The fourth-order valence-electron chi connectivity index (χ4n) is 2.21. The van der Waals surface area contributed by atoms with Crippen LogP contribution in [0.3, 0.4) is 0 Å². The van der Waals surface area contributed by atoms with E-state index < -0.39 is 5.91 Å². The van der Waals surface area contributed by atoms with Crippen LogP contribution in [-0.4, -0.2) is 18.4 Å².